The fourth-order valence-electron chi connectivity index (χ4n) is 1.90. The van der Waals surface area contributed by atoms with Crippen LogP contribution in [0.4, 0.5) is 0 Å². The standard InChI is InChI=1S/C14H17N3O3S/c1-9-5-13(4-3-11(9)8-21(18)19)20-14-6-12(7-15)16-10(2)17-14/h3-6H,7-8,15H2,1-2H3,(H,18,19). The van der Waals surface area contributed by atoms with Gasteiger partial charge in [0.2, 0.25) is 5.88 Å². The molecule has 3 N–H and O–H groups in total. The molecule has 1 aromatic carbocycles. The molecule has 1 aromatic heterocycles. The first kappa shape index (κ1) is 15.6. The highest BCUT2D eigenvalue weighted by molar-refractivity contribution is 7.78. The van der Waals surface area contributed by atoms with E-state index in [-0.39, 0.29) is 5.75 Å². The van der Waals surface area contributed by atoms with Gasteiger partial charge in [0.15, 0.2) is 11.1 Å². The third-order valence-corrected chi connectivity index (χ3v) is 3.45. The number of aromatic nitrogens is 2. The molecule has 112 valence electrons. The van der Waals surface area contributed by atoms with Crippen molar-refractivity contribution in [2.75, 3.05) is 0 Å². The van der Waals surface area contributed by atoms with Crippen LogP contribution >= 0.6 is 0 Å². The van der Waals surface area contributed by atoms with Crippen molar-refractivity contribution in [3.63, 3.8) is 0 Å². The Balaban J connectivity index is 2.22. The van der Waals surface area contributed by atoms with Crippen molar-refractivity contribution in [2.45, 2.75) is 26.1 Å². The SMILES string of the molecule is Cc1nc(CN)cc(Oc2ccc(CS(=O)O)c(C)c2)n1. The summed E-state index contributed by atoms with van der Waals surface area (Å²) in [7, 11) is 0. The lowest BCUT2D eigenvalue weighted by Gasteiger charge is -2.09. The Morgan fingerprint density at radius 3 is 2.67 bits per heavy atom. The van der Waals surface area contributed by atoms with E-state index in [4.69, 9.17) is 15.0 Å². The molecule has 0 saturated carbocycles. The van der Waals surface area contributed by atoms with Gasteiger partial charge in [-0.1, -0.05) is 6.07 Å². The molecule has 0 saturated heterocycles. The van der Waals surface area contributed by atoms with Crippen LogP contribution < -0.4 is 10.5 Å². The van der Waals surface area contributed by atoms with E-state index in [0.29, 0.717) is 29.7 Å². The van der Waals surface area contributed by atoms with Crippen molar-refractivity contribution in [1.29, 1.82) is 0 Å². The van der Waals surface area contributed by atoms with Gasteiger partial charge in [-0.3, -0.25) is 0 Å². The Morgan fingerprint density at radius 1 is 1.29 bits per heavy atom. The number of aryl methyl sites for hydroxylation is 2. The van der Waals surface area contributed by atoms with E-state index in [1.165, 1.54) is 0 Å². The quantitative estimate of drug-likeness (QED) is 0.820. The topological polar surface area (TPSA) is 98.3 Å². The molecule has 0 bridgehead atoms. The summed E-state index contributed by atoms with van der Waals surface area (Å²) in [5.74, 6) is 1.75. The summed E-state index contributed by atoms with van der Waals surface area (Å²) in [5, 5.41) is 0. The number of nitrogens with two attached hydrogens (primary N) is 1. The molecule has 0 amide bonds. The van der Waals surface area contributed by atoms with Gasteiger partial charge in [-0.25, -0.2) is 9.19 Å². The molecule has 0 radical (unpaired) electrons. The summed E-state index contributed by atoms with van der Waals surface area (Å²) in [6.07, 6.45) is 0. The lowest BCUT2D eigenvalue weighted by molar-refractivity contribution is 0.458. The van der Waals surface area contributed by atoms with Crippen LogP contribution in [0.25, 0.3) is 0 Å². The summed E-state index contributed by atoms with van der Waals surface area (Å²) in [4.78, 5) is 8.38. The van der Waals surface area contributed by atoms with Gasteiger partial charge in [0.25, 0.3) is 0 Å². The van der Waals surface area contributed by atoms with Crippen LogP contribution in [0.3, 0.4) is 0 Å². The number of hydrogen-bond acceptors (Lipinski definition) is 5. The number of rotatable bonds is 5. The molecule has 0 aliphatic rings. The Kier molecular flexibility index (Phi) is 5.00. The Labute approximate surface area is 125 Å². The number of ether oxygens (including phenoxy) is 1. The lowest BCUT2D eigenvalue weighted by Crippen LogP contribution is -2.03. The monoisotopic (exact) mass is 307 g/mol. The van der Waals surface area contributed by atoms with Crippen LogP contribution in [-0.2, 0) is 23.4 Å². The van der Waals surface area contributed by atoms with Crippen molar-refractivity contribution in [2.24, 2.45) is 5.73 Å². The summed E-state index contributed by atoms with van der Waals surface area (Å²) in [5.41, 5.74) is 7.98. The number of benzene rings is 1. The van der Waals surface area contributed by atoms with Crippen molar-refractivity contribution in [3.05, 3.63) is 46.9 Å². The maximum absolute atomic E-state index is 10.9. The third kappa shape index (κ3) is 4.32. The molecule has 0 fully saturated rings. The Bertz CT molecular complexity index is 677. The zero-order valence-electron chi connectivity index (χ0n) is 11.9. The van der Waals surface area contributed by atoms with Gasteiger partial charge < -0.3 is 15.0 Å². The molecule has 1 heterocycles. The fourth-order valence-corrected chi connectivity index (χ4v) is 2.49. The van der Waals surface area contributed by atoms with E-state index in [1.807, 2.05) is 13.0 Å². The molecule has 21 heavy (non-hydrogen) atoms. The zero-order valence-corrected chi connectivity index (χ0v) is 12.7. The summed E-state index contributed by atoms with van der Waals surface area (Å²) >= 11 is -1.85. The molecule has 7 heteroatoms. The van der Waals surface area contributed by atoms with Gasteiger partial charge in [-0.05, 0) is 37.1 Å². The number of hydrogen-bond donors (Lipinski definition) is 2. The lowest BCUT2D eigenvalue weighted by atomic mass is 10.1. The van der Waals surface area contributed by atoms with Gasteiger partial charge in [0, 0.05) is 12.6 Å². The summed E-state index contributed by atoms with van der Waals surface area (Å²) < 4.78 is 25.5. The molecule has 1 unspecified atom stereocenters. The first-order valence-electron chi connectivity index (χ1n) is 6.37. The molecule has 2 aromatic rings. The van der Waals surface area contributed by atoms with Crippen molar-refractivity contribution < 1.29 is 13.5 Å². The minimum Gasteiger partial charge on any atom is -0.439 e. The minimum atomic E-state index is -1.85. The van der Waals surface area contributed by atoms with E-state index in [2.05, 4.69) is 9.97 Å². The largest absolute Gasteiger partial charge is 0.439 e. The molecule has 1 atom stereocenters. The molecule has 0 aliphatic heterocycles. The first-order valence-corrected chi connectivity index (χ1v) is 7.65. The highest BCUT2D eigenvalue weighted by Gasteiger charge is 2.07. The second-order valence-corrected chi connectivity index (χ2v) is 5.54. The minimum absolute atomic E-state index is 0.107. The molecule has 6 nitrogen and oxygen atoms in total. The Hall–Kier alpha value is -1.83. The highest BCUT2D eigenvalue weighted by Crippen LogP contribution is 2.23. The van der Waals surface area contributed by atoms with Gasteiger partial charge in [-0.15, -0.1) is 0 Å². The van der Waals surface area contributed by atoms with Crippen molar-refractivity contribution in [1.82, 2.24) is 9.97 Å². The molecule has 2 rings (SSSR count). The average molecular weight is 307 g/mol. The van der Waals surface area contributed by atoms with Crippen LogP contribution in [0.1, 0.15) is 22.6 Å². The van der Waals surface area contributed by atoms with E-state index >= 15 is 0 Å². The van der Waals surface area contributed by atoms with Gasteiger partial charge in [-0.2, -0.15) is 4.98 Å². The highest BCUT2D eigenvalue weighted by atomic mass is 32.2. The van der Waals surface area contributed by atoms with E-state index in [9.17, 15) is 4.21 Å². The second kappa shape index (κ2) is 6.75. The van der Waals surface area contributed by atoms with Crippen molar-refractivity contribution in [3.8, 4) is 11.6 Å². The predicted molar refractivity (Wildman–Crippen MR) is 80.4 cm³/mol. The maximum Gasteiger partial charge on any atom is 0.222 e. The Morgan fingerprint density at radius 2 is 2.05 bits per heavy atom. The first-order chi connectivity index (χ1) is 9.97. The number of nitrogens with zero attached hydrogens (tertiary/aromatic N) is 2. The summed E-state index contributed by atoms with van der Waals surface area (Å²) in [6, 6.07) is 7.02. The van der Waals surface area contributed by atoms with Crippen LogP contribution in [0.2, 0.25) is 0 Å². The molecule has 0 spiro atoms. The van der Waals surface area contributed by atoms with E-state index in [1.54, 1.807) is 25.1 Å². The van der Waals surface area contributed by atoms with E-state index < -0.39 is 11.1 Å². The van der Waals surface area contributed by atoms with Crippen LogP contribution in [-0.4, -0.2) is 18.7 Å². The second-order valence-electron chi connectivity index (χ2n) is 4.61. The normalized spacial score (nSPS) is 12.2. The summed E-state index contributed by atoms with van der Waals surface area (Å²) in [6.45, 7) is 3.96. The van der Waals surface area contributed by atoms with E-state index in [0.717, 1.165) is 11.1 Å². The smallest absolute Gasteiger partial charge is 0.222 e. The fraction of sp³-hybridized carbons (Fsp3) is 0.286. The van der Waals surface area contributed by atoms with Crippen LogP contribution in [0.5, 0.6) is 11.6 Å². The molecular formula is C14H17N3O3S. The predicted octanol–water partition coefficient (Wildman–Crippen LogP) is 2.07. The molecular weight excluding hydrogens is 290 g/mol. The van der Waals surface area contributed by atoms with Gasteiger partial charge in [0.05, 0.1) is 11.4 Å². The van der Waals surface area contributed by atoms with Crippen LogP contribution in [0, 0.1) is 13.8 Å². The zero-order chi connectivity index (χ0) is 15.4. The van der Waals surface area contributed by atoms with Crippen LogP contribution in [0.15, 0.2) is 24.3 Å². The molecule has 0 aliphatic carbocycles. The maximum atomic E-state index is 10.9. The van der Waals surface area contributed by atoms with Crippen molar-refractivity contribution >= 4 is 11.1 Å². The van der Waals surface area contributed by atoms with Gasteiger partial charge >= 0.3 is 0 Å². The van der Waals surface area contributed by atoms with Gasteiger partial charge in [0.1, 0.15) is 11.6 Å². The third-order valence-electron chi connectivity index (χ3n) is 2.89. The average Bonchev–Trinajstić information content (AvgIpc) is 2.41.